The third-order valence-corrected chi connectivity index (χ3v) is 6.91. The monoisotopic (exact) mass is 541 g/mol. The first-order chi connectivity index (χ1) is 18.2. The van der Waals surface area contributed by atoms with Crippen LogP contribution in [0, 0.1) is 25.7 Å². The van der Waals surface area contributed by atoms with Gasteiger partial charge >= 0.3 is 12.1 Å². The lowest BCUT2D eigenvalue weighted by Gasteiger charge is -2.27. The van der Waals surface area contributed by atoms with Crippen molar-refractivity contribution in [1.82, 2.24) is 15.1 Å². The number of carboxylic acids is 1. The van der Waals surface area contributed by atoms with Crippen LogP contribution in [0.25, 0.3) is 11.5 Å². The molecule has 0 aromatic carbocycles. The largest absolute Gasteiger partial charge is 0.481 e. The Morgan fingerprint density at radius 1 is 1.11 bits per heavy atom. The van der Waals surface area contributed by atoms with Crippen molar-refractivity contribution < 1.29 is 28.8 Å². The molecule has 4 rings (SSSR count). The number of nitrogens with zero attached hydrogens (tertiary/aromatic N) is 3. The number of hydrogen-bond acceptors (Lipinski definition) is 8. The summed E-state index contributed by atoms with van der Waals surface area (Å²) in [7, 11) is 0. The van der Waals surface area contributed by atoms with E-state index in [0.29, 0.717) is 41.2 Å². The second kappa shape index (κ2) is 11.6. The molecule has 11 nitrogen and oxygen atoms in total. The van der Waals surface area contributed by atoms with Gasteiger partial charge in [0.15, 0.2) is 0 Å². The second-order valence-electron chi connectivity index (χ2n) is 9.18. The van der Waals surface area contributed by atoms with Gasteiger partial charge in [-0.15, -0.1) is 0 Å². The molecule has 3 heterocycles. The molecule has 2 amide bonds. The summed E-state index contributed by atoms with van der Waals surface area (Å²) >= 11 is 6.09. The lowest BCUT2D eigenvalue weighted by molar-refractivity contribution is -0.147. The molecule has 3 atom stereocenters. The molecule has 1 unspecified atom stereocenters. The van der Waals surface area contributed by atoms with Gasteiger partial charge in [-0.1, -0.05) is 35.7 Å². The first-order valence-corrected chi connectivity index (χ1v) is 12.6. The minimum absolute atomic E-state index is 0.214. The Morgan fingerprint density at radius 3 is 2.53 bits per heavy atom. The highest BCUT2D eigenvalue weighted by atomic mass is 35.5. The molecule has 1 aliphatic carbocycles. The SMILES string of the molecule is Cc1nc(-c2onc(C)c2NC(=O)OC(C)c2cccnc2Cl)ccc1NC(=O)[C@H]1CCCC[C@@H]1C(=O)O. The Bertz CT molecular complexity index is 1360. The Morgan fingerprint density at radius 2 is 1.84 bits per heavy atom. The quantitative estimate of drug-likeness (QED) is 0.326. The molecule has 3 aromatic rings. The van der Waals surface area contributed by atoms with E-state index in [9.17, 15) is 19.5 Å². The third kappa shape index (κ3) is 5.94. The fourth-order valence-corrected chi connectivity index (χ4v) is 4.81. The van der Waals surface area contributed by atoms with Gasteiger partial charge in [0.1, 0.15) is 28.3 Å². The van der Waals surface area contributed by atoms with Gasteiger partial charge < -0.3 is 19.7 Å². The summed E-state index contributed by atoms with van der Waals surface area (Å²) in [4.78, 5) is 45.6. The van der Waals surface area contributed by atoms with Crippen molar-refractivity contribution in [1.29, 1.82) is 0 Å². The number of aromatic nitrogens is 3. The average molecular weight is 542 g/mol. The zero-order valence-electron chi connectivity index (χ0n) is 21.2. The number of ether oxygens (including phenoxy) is 1. The Hall–Kier alpha value is -3.99. The van der Waals surface area contributed by atoms with E-state index in [2.05, 4.69) is 25.8 Å². The number of carbonyl (C=O) groups is 3. The van der Waals surface area contributed by atoms with Crippen LogP contribution in [0.3, 0.4) is 0 Å². The fourth-order valence-electron chi connectivity index (χ4n) is 4.53. The van der Waals surface area contributed by atoms with Crippen LogP contribution >= 0.6 is 11.6 Å². The zero-order chi connectivity index (χ0) is 27.4. The average Bonchev–Trinajstić information content (AvgIpc) is 3.24. The number of hydrogen-bond donors (Lipinski definition) is 3. The van der Waals surface area contributed by atoms with E-state index in [-0.39, 0.29) is 22.5 Å². The maximum Gasteiger partial charge on any atom is 0.412 e. The maximum atomic E-state index is 12.9. The van der Waals surface area contributed by atoms with Crippen molar-refractivity contribution in [3.05, 3.63) is 52.6 Å². The maximum absolute atomic E-state index is 12.9. The highest BCUT2D eigenvalue weighted by molar-refractivity contribution is 6.30. The van der Waals surface area contributed by atoms with Crippen LogP contribution in [0.15, 0.2) is 35.0 Å². The number of rotatable bonds is 7. The fraction of sp³-hybridized carbons (Fsp3) is 0.385. The molecule has 3 aromatic heterocycles. The summed E-state index contributed by atoms with van der Waals surface area (Å²) < 4.78 is 10.9. The third-order valence-electron chi connectivity index (χ3n) is 6.60. The molecule has 200 valence electrons. The lowest BCUT2D eigenvalue weighted by atomic mass is 9.78. The normalized spacial score (nSPS) is 17.9. The molecule has 1 aliphatic rings. The molecular formula is C26H28ClN5O6. The molecular weight excluding hydrogens is 514 g/mol. The topological polar surface area (TPSA) is 157 Å². The predicted octanol–water partition coefficient (Wildman–Crippen LogP) is 5.54. The molecule has 0 aliphatic heterocycles. The molecule has 1 saturated carbocycles. The molecule has 12 heteroatoms. The van der Waals surface area contributed by atoms with E-state index in [1.165, 1.54) is 0 Å². The summed E-state index contributed by atoms with van der Waals surface area (Å²) in [5, 5.41) is 19.2. The number of nitrogens with one attached hydrogen (secondary N) is 2. The molecule has 38 heavy (non-hydrogen) atoms. The smallest absolute Gasteiger partial charge is 0.412 e. The van der Waals surface area contributed by atoms with Gasteiger partial charge in [0.2, 0.25) is 11.7 Å². The lowest BCUT2D eigenvalue weighted by Crippen LogP contribution is -2.36. The van der Waals surface area contributed by atoms with E-state index >= 15 is 0 Å². The molecule has 0 saturated heterocycles. The molecule has 0 radical (unpaired) electrons. The van der Waals surface area contributed by atoms with Gasteiger partial charge in [-0.2, -0.15) is 0 Å². The minimum atomic E-state index is -0.952. The van der Waals surface area contributed by atoms with Crippen LogP contribution < -0.4 is 10.6 Å². The number of aryl methyl sites for hydroxylation is 2. The van der Waals surface area contributed by atoms with Gasteiger partial charge in [-0.25, -0.2) is 14.8 Å². The van der Waals surface area contributed by atoms with Gasteiger partial charge in [-0.3, -0.25) is 14.9 Å². The highest BCUT2D eigenvalue weighted by Crippen LogP contribution is 2.34. The molecule has 0 bridgehead atoms. The highest BCUT2D eigenvalue weighted by Gasteiger charge is 2.36. The molecule has 0 spiro atoms. The zero-order valence-corrected chi connectivity index (χ0v) is 21.9. The van der Waals surface area contributed by atoms with Crippen LogP contribution in [-0.2, 0) is 14.3 Å². The van der Waals surface area contributed by atoms with Gasteiger partial charge in [0.05, 0.1) is 23.2 Å². The number of pyridine rings is 2. The van der Waals surface area contributed by atoms with Gasteiger partial charge in [0.25, 0.3) is 0 Å². The van der Waals surface area contributed by atoms with E-state index in [1.807, 2.05) is 0 Å². The van der Waals surface area contributed by atoms with E-state index in [1.54, 1.807) is 51.2 Å². The van der Waals surface area contributed by atoms with E-state index in [4.69, 9.17) is 20.9 Å². The predicted molar refractivity (Wildman–Crippen MR) is 139 cm³/mol. The molecule has 1 fully saturated rings. The van der Waals surface area contributed by atoms with Crippen molar-refractivity contribution in [2.24, 2.45) is 11.8 Å². The summed E-state index contributed by atoms with van der Waals surface area (Å²) in [6.07, 6.45) is 2.77. The number of carboxylic acid groups (broad SMARTS) is 1. The second-order valence-corrected chi connectivity index (χ2v) is 9.54. The number of aliphatic carboxylic acids is 1. The van der Waals surface area contributed by atoms with Gasteiger partial charge in [-0.05, 0) is 51.8 Å². The van der Waals surface area contributed by atoms with Crippen LogP contribution in [-0.4, -0.2) is 38.2 Å². The summed E-state index contributed by atoms with van der Waals surface area (Å²) in [6.45, 7) is 5.04. The first-order valence-electron chi connectivity index (χ1n) is 12.2. The Labute approximate surface area is 223 Å². The summed E-state index contributed by atoms with van der Waals surface area (Å²) in [6, 6.07) is 6.68. The Balaban J connectivity index is 1.47. The van der Waals surface area contributed by atoms with E-state index in [0.717, 1.165) is 12.8 Å². The molecule has 3 N–H and O–H groups in total. The minimum Gasteiger partial charge on any atom is -0.481 e. The first kappa shape index (κ1) is 27.1. The van der Waals surface area contributed by atoms with Crippen molar-refractivity contribution in [3.8, 4) is 11.5 Å². The van der Waals surface area contributed by atoms with Crippen LogP contribution in [0.4, 0.5) is 16.2 Å². The standard InChI is InChI=1S/C26H28ClN5O6/c1-13-19(30-24(33)17-7-4-5-8-18(17)25(34)35)10-11-20(29-13)22-21(14(2)32-38-22)31-26(36)37-15(3)16-9-6-12-28-23(16)27/h6,9-12,15,17-18H,4-5,7-8H2,1-3H3,(H,30,33)(H,31,36)(H,34,35)/t15?,17-,18-/m0/s1. The van der Waals surface area contributed by atoms with Crippen molar-refractivity contribution in [3.63, 3.8) is 0 Å². The van der Waals surface area contributed by atoms with Crippen molar-refractivity contribution >= 4 is 40.9 Å². The van der Waals surface area contributed by atoms with Crippen LogP contribution in [0.5, 0.6) is 0 Å². The number of halogens is 1. The Kier molecular flexibility index (Phi) is 8.26. The number of amides is 2. The summed E-state index contributed by atoms with van der Waals surface area (Å²) in [5.74, 6) is -2.36. The summed E-state index contributed by atoms with van der Waals surface area (Å²) in [5.41, 5.74) is 2.58. The van der Waals surface area contributed by atoms with Crippen molar-refractivity contribution in [2.45, 2.75) is 52.6 Å². The van der Waals surface area contributed by atoms with E-state index < -0.39 is 30.0 Å². The van der Waals surface area contributed by atoms with Crippen LogP contribution in [0.2, 0.25) is 5.15 Å². The van der Waals surface area contributed by atoms with Crippen LogP contribution in [0.1, 0.15) is 55.7 Å². The number of anilines is 2. The van der Waals surface area contributed by atoms with Gasteiger partial charge in [0, 0.05) is 11.8 Å². The van der Waals surface area contributed by atoms with Crippen molar-refractivity contribution in [2.75, 3.05) is 10.6 Å². The number of carbonyl (C=O) groups excluding carboxylic acids is 2.